The van der Waals surface area contributed by atoms with Crippen LogP contribution in [0.15, 0.2) is 12.1 Å². The molecule has 6 heteroatoms. The first kappa shape index (κ1) is 16.0. The van der Waals surface area contributed by atoms with Gasteiger partial charge >= 0.3 is 5.97 Å². The minimum absolute atomic E-state index is 0.0838. The molecule has 21 heavy (non-hydrogen) atoms. The first-order valence-electron chi connectivity index (χ1n) is 7.19. The van der Waals surface area contributed by atoms with Crippen molar-refractivity contribution in [3.63, 3.8) is 0 Å². The first-order chi connectivity index (χ1) is 10.1. The highest BCUT2D eigenvalue weighted by molar-refractivity contribution is 7.12. The van der Waals surface area contributed by atoms with Crippen molar-refractivity contribution in [2.45, 2.75) is 26.2 Å². The Labute approximate surface area is 128 Å². The molecule has 1 atom stereocenters. The average molecular weight is 311 g/mol. The van der Waals surface area contributed by atoms with Crippen molar-refractivity contribution in [3.05, 3.63) is 21.9 Å². The Balaban J connectivity index is 1.83. The molecule has 2 heterocycles. The van der Waals surface area contributed by atoms with Gasteiger partial charge in [-0.2, -0.15) is 0 Å². The van der Waals surface area contributed by atoms with E-state index in [4.69, 9.17) is 4.74 Å². The monoisotopic (exact) mass is 311 g/mol. The average Bonchev–Trinajstić information content (AvgIpc) is 2.85. The maximum atomic E-state index is 11.9. The fourth-order valence-corrected chi connectivity index (χ4v) is 3.49. The van der Waals surface area contributed by atoms with Gasteiger partial charge < -0.3 is 15.2 Å². The summed E-state index contributed by atoms with van der Waals surface area (Å²) in [5.74, 6) is -1.40. The van der Waals surface area contributed by atoms with Gasteiger partial charge in [0, 0.05) is 29.5 Å². The van der Waals surface area contributed by atoms with Gasteiger partial charge in [0.15, 0.2) is 0 Å². The molecule has 1 fully saturated rings. The highest BCUT2D eigenvalue weighted by Crippen LogP contribution is 2.24. The zero-order valence-electron chi connectivity index (χ0n) is 12.1. The lowest BCUT2D eigenvalue weighted by molar-refractivity contribution is -0.144. The van der Waals surface area contributed by atoms with Gasteiger partial charge in [0.2, 0.25) is 5.91 Å². The van der Waals surface area contributed by atoms with E-state index in [1.807, 2.05) is 19.1 Å². The number of carbonyl (C=O) groups excluding carboxylic acids is 1. The predicted octanol–water partition coefficient (Wildman–Crippen LogP) is 1.84. The summed E-state index contributed by atoms with van der Waals surface area (Å²) in [7, 11) is 0. The molecule has 1 aliphatic rings. The van der Waals surface area contributed by atoms with Crippen molar-refractivity contribution in [1.29, 1.82) is 0 Å². The number of carboxylic acid groups (broad SMARTS) is 1. The molecule has 0 saturated carbocycles. The molecule has 0 aliphatic carbocycles. The second-order valence-corrected chi connectivity index (χ2v) is 6.76. The van der Waals surface area contributed by atoms with Crippen LogP contribution < -0.4 is 5.32 Å². The van der Waals surface area contributed by atoms with Crippen LogP contribution in [-0.4, -0.2) is 36.7 Å². The van der Waals surface area contributed by atoms with Gasteiger partial charge in [-0.25, -0.2) is 0 Å². The Kier molecular flexibility index (Phi) is 5.76. The van der Waals surface area contributed by atoms with E-state index in [9.17, 15) is 14.7 Å². The smallest absolute Gasteiger partial charge is 0.308 e. The van der Waals surface area contributed by atoms with Gasteiger partial charge in [-0.15, -0.1) is 11.3 Å². The van der Waals surface area contributed by atoms with E-state index in [-0.39, 0.29) is 18.4 Å². The first-order valence-corrected chi connectivity index (χ1v) is 8.00. The quantitative estimate of drug-likeness (QED) is 0.840. The largest absolute Gasteiger partial charge is 0.481 e. The third kappa shape index (κ3) is 4.82. The van der Waals surface area contributed by atoms with Gasteiger partial charge in [0.1, 0.15) is 0 Å². The Bertz CT molecular complexity index is 494. The second-order valence-electron chi connectivity index (χ2n) is 5.39. The number of ether oxygens (including phenoxy) is 1. The molecule has 0 bridgehead atoms. The lowest BCUT2D eigenvalue weighted by Crippen LogP contribution is -2.39. The van der Waals surface area contributed by atoms with E-state index in [2.05, 4.69) is 5.32 Å². The number of nitrogens with one attached hydrogen (secondary N) is 1. The minimum atomic E-state index is -0.839. The minimum Gasteiger partial charge on any atom is -0.481 e. The Morgan fingerprint density at radius 1 is 1.43 bits per heavy atom. The zero-order chi connectivity index (χ0) is 15.2. The summed E-state index contributed by atoms with van der Waals surface area (Å²) >= 11 is 1.59. The highest BCUT2D eigenvalue weighted by Gasteiger charge is 2.29. The molecular formula is C15H21NO4S. The normalized spacial score (nSPS) is 17.4. The van der Waals surface area contributed by atoms with Crippen molar-refractivity contribution < 1.29 is 19.4 Å². The van der Waals surface area contributed by atoms with Crippen LogP contribution in [0, 0.1) is 18.8 Å². The number of aliphatic carboxylic acids is 1. The maximum absolute atomic E-state index is 11.9. The molecule has 1 unspecified atom stereocenters. The van der Waals surface area contributed by atoms with Gasteiger partial charge in [-0.05, 0) is 37.8 Å². The van der Waals surface area contributed by atoms with E-state index in [0.717, 1.165) is 17.7 Å². The molecule has 1 amide bonds. The van der Waals surface area contributed by atoms with E-state index in [1.54, 1.807) is 11.3 Å². The Morgan fingerprint density at radius 3 is 2.71 bits per heavy atom. The van der Waals surface area contributed by atoms with E-state index in [1.165, 1.54) is 4.88 Å². The summed E-state index contributed by atoms with van der Waals surface area (Å²) < 4.78 is 5.26. The van der Waals surface area contributed by atoms with Gasteiger partial charge in [0.25, 0.3) is 0 Å². The number of carboxylic acids is 1. The van der Waals surface area contributed by atoms with Crippen LogP contribution in [0.2, 0.25) is 0 Å². The molecule has 0 aromatic carbocycles. The SMILES string of the molecule is Cc1ccc(CC(=O)NCC(C(=O)O)C2CCOCC2)s1. The summed E-state index contributed by atoms with van der Waals surface area (Å²) in [5.41, 5.74) is 0. The summed E-state index contributed by atoms with van der Waals surface area (Å²) in [6.07, 6.45) is 1.81. The fraction of sp³-hybridized carbons (Fsp3) is 0.600. The number of amides is 1. The van der Waals surface area contributed by atoms with Gasteiger partial charge in [0.05, 0.1) is 12.3 Å². The summed E-state index contributed by atoms with van der Waals surface area (Å²) in [6, 6.07) is 3.92. The van der Waals surface area contributed by atoms with Crippen LogP contribution in [0.4, 0.5) is 0 Å². The van der Waals surface area contributed by atoms with E-state index in [0.29, 0.717) is 19.6 Å². The number of rotatable bonds is 6. The number of hydrogen-bond acceptors (Lipinski definition) is 4. The van der Waals surface area contributed by atoms with Crippen molar-refractivity contribution in [2.24, 2.45) is 11.8 Å². The van der Waals surface area contributed by atoms with Crippen molar-refractivity contribution in [2.75, 3.05) is 19.8 Å². The number of thiophene rings is 1. The van der Waals surface area contributed by atoms with Crippen molar-refractivity contribution in [1.82, 2.24) is 5.32 Å². The van der Waals surface area contributed by atoms with Crippen LogP contribution in [0.1, 0.15) is 22.6 Å². The molecule has 0 spiro atoms. The molecule has 1 aromatic heterocycles. The van der Waals surface area contributed by atoms with Crippen LogP contribution in [0.25, 0.3) is 0 Å². The fourth-order valence-electron chi connectivity index (χ4n) is 2.60. The maximum Gasteiger partial charge on any atom is 0.308 e. The number of aryl methyl sites for hydroxylation is 1. The predicted molar refractivity (Wildman–Crippen MR) is 80.4 cm³/mol. The molecule has 0 radical (unpaired) electrons. The molecule has 5 nitrogen and oxygen atoms in total. The summed E-state index contributed by atoms with van der Waals surface area (Å²) in [5, 5.41) is 12.1. The Morgan fingerprint density at radius 2 is 2.14 bits per heavy atom. The molecule has 116 valence electrons. The summed E-state index contributed by atoms with van der Waals surface area (Å²) in [6.45, 7) is 3.41. The van der Waals surface area contributed by atoms with Gasteiger partial charge in [-0.3, -0.25) is 9.59 Å². The van der Waals surface area contributed by atoms with Crippen molar-refractivity contribution >= 4 is 23.2 Å². The van der Waals surface area contributed by atoms with Crippen LogP contribution >= 0.6 is 11.3 Å². The van der Waals surface area contributed by atoms with E-state index < -0.39 is 11.9 Å². The molecule has 1 saturated heterocycles. The molecule has 1 aliphatic heterocycles. The van der Waals surface area contributed by atoms with Crippen LogP contribution in [0.3, 0.4) is 0 Å². The molecule has 2 N–H and O–H groups in total. The lowest BCUT2D eigenvalue weighted by Gasteiger charge is -2.27. The van der Waals surface area contributed by atoms with E-state index >= 15 is 0 Å². The van der Waals surface area contributed by atoms with Gasteiger partial charge in [-0.1, -0.05) is 0 Å². The standard InChI is InChI=1S/C15H21NO4S/c1-10-2-3-12(21-10)8-14(17)16-9-13(15(18)19)11-4-6-20-7-5-11/h2-3,11,13H,4-9H2,1H3,(H,16,17)(H,18,19). The zero-order valence-corrected chi connectivity index (χ0v) is 12.9. The van der Waals surface area contributed by atoms with Crippen LogP contribution in [-0.2, 0) is 20.7 Å². The summed E-state index contributed by atoms with van der Waals surface area (Å²) in [4.78, 5) is 25.5. The third-order valence-corrected chi connectivity index (χ3v) is 4.80. The highest BCUT2D eigenvalue weighted by atomic mass is 32.1. The Hall–Kier alpha value is -1.40. The molecule has 2 rings (SSSR count). The number of carbonyl (C=O) groups is 2. The molecular weight excluding hydrogens is 290 g/mol. The topological polar surface area (TPSA) is 75.6 Å². The molecule has 1 aromatic rings. The lowest BCUT2D eigenvalue weighted by atomic mass is 9.86. The third-order valence-electron chi connectivity index (χ3n) is 3.80. The number of hydrogen-bond donors (Lipinski definition) is 2. The van der Waals surface area contributed by atoms with Crippen LogP contribution in [0.5, 0.6) is 0 Å². The van der Waals surface area contributed by atoms with Crippen molar-refractivity contribution in [3.8, 4) is 0 Å². The second kappa shape index (κ2) is 7.56.